The number of rotatable bonds is 7. The van der Waals surface area contributed by atoms with Crippen LogP contribution in [0.3, 0.4) is 0 Å². The summed E-state index contributed by atoms with van der Waals surface area (Å²) in [4.78, 5) is 8.54. The Hall–Kier alpha value is -3.49. The second-order valence-electron chi connectivity index (χ2n) is 5.84. The van der Waals surface area contributed by atoms with Gasteiger partial charge in [0, 0.05) is 11.4 Å². The Bertz CT molecular complexity index is 934. The van der Waals surface area contributed by atoms with Crippen molar-refractivity contribution in [1.82, 2.24) is 20.3 Å². The first-order chi connectivity index (χ1) is 13.0. The largest absolute Gasteiger partial charge is 0.493 e. The topological polar surface area (TPSA) is 108 Å². The lowest BCUT2D eigenvalue weighted by Gasteiger charge is -2.10. The van der Waals surface area contributed by atoms with Crippen LogP contribution in [0.15, 0.2) is 34.0 Å². The molecule has 0 spiro atoms. The molecule has 0 amide bonds. The standard InChI is InChI=1S/C18H20N6O3/c1-11-7-12(2)21-18(20-11)22-19-9-14-5-6-16(17(8-14)25-4)26-10-15-13(3)23-27-24-15/h5-9H,10H2,1-4H3,(H,20,21,22)/b19-9+. The molecule has 27 heavy (non-hydrogen) atoms. The van der Waals surface area contributed by atoms with E-state index in [1.807, 2.05) is 32.0 Å². The number of ether oxygens (including phenoxy) is 2. The molecule has 0 saturated carbocycles. The Morgan fingerprint density at radius 1 is 1.07 bits per heavy atom. The molecular formula is C18H20N6O3. The fourth-order valence-electron chi connectivity index (χ4n) is 2.35. The summed E-state index contributed by atoms with van der Waals surface area (Å²) in [6, 6.07) is 7.38. The van der Waals surface area contributed by atoms with Crippen molar-refractivity contribution in [2.45, 2.75) is 27.4 Å². The molecule has 140 valence electrons. The molecule has 9 nitrogen and oxygen atoms in total. The van der Waals surface area contributed by atoms with Gasteiger partial charge in [0.15, 0.2) is 11.5 Å². The number of benzene rings is 1. The molecule has 0 bridgehead atoms. The minimum Gasteiger partial charge on any atom is -0.493 e. The Balaban J connectivity index is 1.67. The maximum Gasteiger partial charge on any atom is 0.243 e. The van der Waals surface area contributed by atoms with Crippen LogP contribution in [0.1, 0.15) is 28.3 Å². The Morgan fingerprint density at radius 2 is 1.85 bits per heavy atom. The van der Waals surface area contributed by atoms with E-state index in [2.05, 4.69) is 35.4 Å². The Morgan fingerprint density at radius 3 is 2.52 bits per heavy atom. The molecule has 0 fully saturated rings. The first-order valence-corrected chi connectivity index (χ1v) is 8.25. The second-order valence-corrected chi connectivity index (χ2v) is 5.84. The molecule has 0 aliphatic rings. The Labute approximate surface area is 156 Å². The van der Waals surface area contributed by atoms with Gasteiger partial charge in [-0.3, -0.25) is 0 Å². The van der Waals surface area contributed by atoms with Gasteiger partial charge in [-0.2, -0.15) is 5.10 Å². The number of anilines is 1. The van der Waals surface area contributed by atoms with E-state index in [0.29, 0.717) is 28.8 Å². The molecule has 2 heterocycles. The average Bonchev–Trinajstić information content (AvgIpc) is 3.04. The maximum absolute atomic E-state index is 5.74. The van der Waals surface area contributed by atoms with Crippen LogP contribution in [0.4, 0.5) is 5.95 Å². The lowest BCUT2D eigenvalue weighted by Crippen LogP contribution is -2.01. The van der Waals surface area contributed by atoms with Crippen molar-refractivity contribution in [3.8, 4) is 11.5 Å². The number of nitrogens with one attached hydrogen (secondary N) is 1. The van der Waals surface area contributed by atoms with Crippen molar-refractivity contribution in [3.63, 3.8) is 0 Å². The van der Waals surface area contributed by atoms with Gasteiger partial charge in [-0.25, -0.2) is 20.0 Å². The number of hydrazone groups is 1. The van der Waals surface area contributed by atoms with E-state index in [-0.39, 0.29) is 6.61 Å². The number of aryl methyl sites for hydroxylation is 3. The Kier molecular flexibility index (Phi) is 5.60. The molecule has 0 aliphatic heterocycles. The number of nitrogens with zero attached hydrogens (tertiary/aromatic N) is 5. The zero-order valence-electron chi connectivity index (χ0n) is 15.6. The van der Waals surface area contributed by atoms with Crippen molar-refractivity contribution in [2.75, 3.05) is 12.5 Å². The zero-order chi connectivity index (χ0) is 19.2. The molecule has 9 heteroatoms. The molecule has 0 saturated heterocycles. The van der Waals surface area contributed by atoms with Crippen LogP contribution in [0, 0.1) is 20.8 Å². The first-order valence-electron chi connectivity index (χ1n) is 8.25. The zero-order valence-corrected chi connectivity index (χ0v) is 15.6. The van der Waals surface area contributed by atoms with Gasteiger partial charge in [-0.05, 0) is 50.6 Å². The molecule has 3 aromatic rings. The van der Waals surface area contributed by atoms with E-state index in [0.717, 1.165) is 17.0 Å². The predicted octanol–water partition coefficient (Wildman–Crippen LogP) is 2.82. The monoisotopic (exact) mass is 368 g/mol. The van der Waals surface area contributed by atoms with Crippen LogP contribution in [0.5, 0.6) is 11.5 Å². The van der Waals surface area contributed by atoms with E-state index in [4.69, 9.17) is 9.47 Å². The molecule has 2 aromatic heterocycles. The van der Waals surface area contributed by atoms with Gasteiger partial charge < -0.3 is 9.47 Å². The van der Waals surface area contributed by atoms with Crippen molar-refractivity contribution < 1.29 is 14.1 Å². The highest BCUT2D eigenvalue weighted by atomic mass is 16.6. The van der Waals surface area contributed by atoms with E-state index >= 15 is 0 Å². The summed E-state index contributed by atoms with van der Waals surface area (Å²) in [5.74, 6) is 1.62. The summed E-state index contributed by atoms with van der Waals surface area (Å²) in [5.41, 5.74) is 6.74. The first kappa shape index (κ1) is 18.3. The molecular weight excluding hydrogens is 348 g/mol. The summed E-state index contributed by atoms with van der Waals surface area (Å²) >= 11 is 0. The van der Waals surface area contributed by atoms with Crippen LogP contribution >= 0.6 is 0 Å². The van der Waals surface area contributed by atoms with Gasteiger partial charge in [0.05, 0.1) is 13.3 Å². The fourth-order valence-corrected chi connectivity index (χ4v) is 2.35. The van der Waals surface area contributed by atoms with E-state index in [1.165, 1.54) is 0 Å². The van der Waals surface area contributed by atoms with Crippen molar-refractivity contribution >= 4 is 12.2 Å². The minimum atomic E-state index is 0.241. The number of hydrogen-bond acceptors (Lipinski definition) is 9. The summed E-state index contributed by atoms with van der Waals surface area (Å²) in [7, 11) is 1.58. The van der Waals surface area contributed by atoms with Crippen LogP contribution in [-0.4, -0.2) is 33.6 Å². The van der Waals surface area contributed by atoms with Crippen molar-refractivity contribution in [3.05, 3.63) is 52.6 Å². The van der Waals surface area contributed by atoms with Crippen molar-refractivity contribution in [2.24, 2.45) is 5.10 Å². The summed E-state index contributed by atoms with van der Waals surface area (Å²) in [5, 5.41) is 11.7. The van der Waals surface area contributed by atoms with E-state index < -0.39 is 0 Å². The molecule has 0 aliphatic carbocycles. The van der Waals surface area contributed by atoms with E-state index in [9.17, 15) is 0 Å². The van der Waals surface area contributed by atoms with E-state index in [1.54, 1.807) is 26.3 Å². The quantitative estimate of drug-likeness (QED) is 0.501. The normalized spacial score (nSPS) is 11.0. The highest BCUT2D eigenvalue weighted by Gasteiger charge is 2.09. The molecule has 0 atom stereocenters. The molecule has 1 N–H and O–H groups in total. The van der Waals surface area contributed by atoms with Crippen LogP contribution in [0.2, 0.25) is 0 Å². The van der Waals surface area contributed by atoms with Crippen molar-refractivity contribution in [1.29, 1.82) is 0 Å². The third kappa shape index (κ3) is 4.78. The highest BCUT2D eigenvalue weighted by Crippen LogP contribution is 2.28. The summed E-state index contributed by atoms with van der Waals surface area (Å²) in [6.45, 7) is 5.86. The molecule has 0 radical (unpaired) electrons. The maximum atomic E-state index is 5.74. The summed E-state index contributed by atoms with van der Waals surface area (Å²) < 4.78 is 15.8. The third-order valence-electron chi connectivity index (χ3n) is 3.66. The minimum absolute atomic E-state index is 0.241. The van der Waals surface area contributed by atoms with Gasteiger partial charge >= 0.3 is 0 Å². The number of hydrogen-bond donors (Lipinski definition) is 1. The lowest BCUT2D eigenvalue weighted by atomic mass is 10.2. The number of aromatic nitrogens is 4. The van der Waals surface area contributed by atoms with Gasteiger partial charge in [-0.1, -0.05) is 10.3 Å². The van der Waals surface area contributed by atoms with Gasteiger partial charge in [-0.15, -0.1) is 0 Å². The van der Waals surface area contributed by atoms with Crippen LogP contribution in [0.25, 0.3) is 0 Å². The van der Waals surface area contributed by atoms with Gasteiger partial charge in [0.25, 0.3) is 0 Å². The predicted molar refractivity (Wildman–Crippen MR) is 99.1 cm³/mol. The SMILES string of the molecule is COc1cc(/C=N/Nc2nc(C)cc(C)n2)ccc1OCc1nonc1C. The van der Waals surface area contributed by atoms with Gasteiger partial charge in [0.2, 0.25) is 5.95 Å². The fraction of sp³-hybridized carbons (Fsp3) is 0.278. The highest BCUT2D eigenvalue weighted by molar-refractivity contribution is 5.81. The molecule has 0 unspecified atom stereocenters. The lowest BCUT2D eigenvalue weighted by molar-refractivity contribution is 0.260. The second kappa shape index (κ2) is 8.26. The molecule has 1 aromatic carbocycles. The smallest absolute Gasteiger partial charge is 0.243 e. The third-order valence-corrected chi connectivity index (χ3v) is 3.66. The average molecular weight is 368 g/mol. The van der Waals surface area contributed by atoms with Crippen LogP contribution in [-0.2, 0) is 6.61 Å². The molecule has 3 rings (SSSR count). The van der Waals surface area contributed by atoms with Crippen LogP contribution < -0.4 is 14.9 Å². The van der Waals surface area contributed by atoms with Gasteiger partial charge in [0.1, 0.15) is 18.0 Å². The number of methoxy groups -OCH3 is 1. The summed E-state index contributed by atoms with van der Waals surface area (Å²) in [6.07, 6.45) is 1.65.